The Morgan fingerprint density at radius 1 is 1.00 bits per heavy atom. The van der Waals surface area contributed by atoms with Crippen LogP contribution >= 0.6 is 0 Å². The fraction of sp³-hybridized carbons (Fsp3) is 0.538. The molecule has 0 heterocycles. The largest absolute Gasteiger partial charge is 0.378 e. The van der Waals surface area contributed by atoms with Gasteiger partial charge in [-0.25, -0.2) is 0 Å². The maximum Gasteiger partial charge on any atom is 0.0361 e. The van der Waals surface area contributed by atoms with Crippen molar-refractivity contribution in [1.29, 1.82) is 0 Å². The molecule has 1 aliphatic carbocycles. The van der Waals surface area contributed by atoms with Gasteiger partial charge in [-0.15, -0.1) is 0 Å². The Labute approximate surface area is 86.7 Å². The first-order chi connectivity index (χ1) is 6.77. The molecular weight excluding hydrogens is 170 g/mol. The quantitative estimate of drug-likeness (QED) is 0.689. The van der Waals surface area contributed by atoms with E-state index in [0.717, 1.165) is 5.92 Å². The van der Waals surface area contributed by atoms with Crippen LogP contribution < -0.4 is 4.90 Å². The van der Waals surface area contributed by atoms with Crippen LogP contribution in [0.1, 0.15) is 37.2 Å². The number of rotatable bonds is 2. The Hall–Kier alpha value is -0.980. The van der Waals surface area contributed by atoms with E-state index in [2.05, 4.69) is 43.3 Å². The molecule has 1 aliphatic rings. The average Bonchev–Trinajstić information content (AvgIpc) is 2.71. The first-order valence-electron chi connectivity index (χ1n) is 5.54. The summed E-state index contributed by atoms with van der Waals surface area (Å²) in [6.07, 6.45) is 5.61. The number of benzene rings is 1. The fourth-order valence-corrected chi connectivity index (χ4v) is 2.30. The van der Waals surface area contributed by atoms with Crippen molar-refractivity contribution >= 4 is 5.69 Å². The lowest BCUT2D eigenvalue weighted by atomic mass is 9.97. The van der Waals surface area contributed by atoms with Gasteiger partial charge in [0.15, 0.2) is 0 Å². The minimum atomic E-state index is 0.839. The molecule has 1 aromatic rings. The molecule has 0 unspecified atom stereocenters. The predicted octanol–water partition coefficient (Wildman–Crippen LogP) is 3.41. The lowest BCUT2D eigenvalue weighted by Crippen LogP contribution is -2.08. The monoisotopic (exact) mass is 189 g/mol. The topological polar surface area (TPSA) is 3.24 Å². The van der Waals surface area contributed by atoms with Gasteiger partial charge < -0.3 is 4.90 Å². The normalized spacial score (nSPS) is 17.3. The third-order valence-electron chi connectivity index (χ3n) is 3.24. The van der Waals surface area contributed by atoms with Crippen molar-refractivity contribution in [3.63, 3.8) is 0 Å². The highest BCUT2D eigenvalue weighted by atomic mass is 15.1. The Balaban J connectivity index is 2.12. The number of nitrogens with zero attached hydrogens (tertiary/aromatic N) is 1. The maximum atomic E-state index is 2.30. The second kappa shape index (κ2) is 4.04. The summed E-state index contributed by atoms with van der Waals surface area (Å²) in [6, 6.07) is 9.05. The van der Waals surface area contributed by atoms with Gasteiger partial charge in [0.1, 0.15) is 0 Å². The molecule has 0 bridgehead atoms. The van der Waals surface area contributed by atoms with Gasteiger partial charge in [-0.3, -0.25) is 0 Å². The van der Waals surface area contributed by atoms with Crippen molar-refractivity contribution in [3.05, 3.63) is 29.8 Å². The SMILES string of the molecule is CN(C)c1ccc(C2CCCC2)cc1. The molecule has 1 nitrogen and oxygen atoms in total. The Kier molecular flexibility index (Phi) is 2.76. The summed E-state index contributed by atoms with van der Waals surface area (Å²) in [5, 5.41) is 0. The van der Waals surface area contributed by atoms with Gasteiger partial charge in [0, 0.05) is 19.8 Å². The van der Waals surface area contributed by atoms with Crippen LogP contribution in [0.2, 0.25) is 0 Å². The maximum absolute atomic E-state index is 2.30. The van der Waals surface area contributed by atoms with Crippen molar-refractivity contribution in [2.45, 2.75) is 31.6 Å². The Morgan fingerprint density at radius 3 is 2.07 bits per heavy atom. The van der Waals surface area contributed by atoms with E-state index >= 15 is 0 Å². The molecule has 0 radical (unpaired) electrons. The van der Waals surface area contributed by atoms with Crippen molar-refractivity contribution in [1.82, 2.24) is 0 Å². The van der Waals surface area contributed by atoms with Crippen LogP contribution in [0.25, 0.3) is 0 Å². The first-order valence-corrected chi connectivity index (χ1v) is 5.54. The molecule has 14 heavy (non-hydrogen) atoms. The van der Waals surface area contributed by atoms with Gasteiger partial charge >= 0.3 is 0 Å². The Morgan fingerprint density at radius 2 is 1.57 bits per heavy atom. The highest BCUT2D eigenvalue weighted by molar-refractivity contribution is 5.46. The van der Waals surface area contributed by atoms with Crippen LogP contribution in [-0.2, 0) is 0 Å². The summed E-state index contributed by atoms with van der Waals surface area (Å²) in [5.41, 5.74) is 2.83. The van der Waals surface area contributed by atoms with Crippen molar-refractivity contribution < 1.29 is 0 Å². The molecule has 0 aliphatic heterocycles. The zero-order valence-electron chi connectivity index (χ0n) is 9.16. The summed E-state index contributed by atoms with van der Waals surface area (Å²) < 4.78 is 0. The molecule has 1 heteroatoms. The standard InChI is InChI=1S/C13H19N/c1-14(2)13-9-7-12(8-10-13)11-5-3-4-6-11/h7-11H,3-6H2,1-2H3. The molecule has 0 N–H and O–H groups in total. The minimum absolute atomic E-state index is 0.839. The number of anilines is 1. The molecule has 0 aromatic heterocycles. The van der Waals surface area contributed by atoms with Crippen LogP contribution in [0.4, 0.5) is 5.69 Å². The second-order valence-electron chi connectivity index (χ2n) is 4.47. The molecule has 1 aromatic carbocycles. The zero-order valence-corrected chi connectivity index (χ0v) is 9.16. The van der Waals surface area contributed by atoms with Crippen molar-refractivity contribution in [2.75, 3.05) is 19.0 Å². The summed E-state index contributed by atoms with van der Waals surface area (Å²) in [5.74, 6) is 0.839. The summed E-state index contributed by atoms with van der Waals surface area (Å²) in [6.45, 7) is 0. The smallest absolute Gasteiger partial charge is 0.0361 e. The van der Waals surface area contributed by atoms with Crippen LogP contribution in [0, 0.1) is 0 Å². The molecule has 1 fully saturated rings. The van der Waals surface area contributed by atoms with Crippen LogP contribution in [0.3, 0.4) is 0 Å². The van der Waals surface area contributed by atoms with Crippen molar-refractivity contribution in [2.24, 2.45) is 0 Å². The van der Waals surface area contributed by atoms with Crippen LogP contribution in [0.15, 0.2) is 24.3 Å². The molecular formula is C13H19N. The third kappa shape index (κ3) is 1.92. The van der Waals surface area contributed by atoms with E-state index in [0.29, 0.717) is 0 Å². The lowest BCUT2D eigenvalue weighted by molar-refractivity contribution is 0.723. The molecule has 2 rings (SSSR count). The fourth-order valence-electron chi connectivity index (χ4n) is 2.30. The van der Waals surface area contributed by atoms with E-state index in [1.807, 2.05) is 0 Å². The summed E-state index contributed by atoms with van der Waals surface area (Å²) >= 11 is 0. The van der Waals surface area contributed by atoms with E-state index < -0.39 is 0 Å². The predicted molar refractivity (Wildman–Crippen MR) is 62.0 cm³/mol. The Bertz CT molecular complexity index is 281. The molecule has 0 spiro atoms. The highest BCUT2D eigenvalue weighted by Crippen LogP contribution is 2.34. The third-order valence-corrected chi connectivity index (χ3v) is 3.24. The van der Waals surface area contributed by atoms with Crippen LogP contribution in [-0.4, -0.2) is 14.1 Å². The molecule has 0 atom stereocenters. The lowest BCUT2D eigenvalue weighted by Gasteiger charge is -2.14. The molecule has 76 valence electrons. The number of hydrogen-bond acceptors (Lipinski definition) is 1. The number of hydrogen-bond donors (Lipinski definition) is 0. The molecule has 1 saturated carbocycles. The molecule has 0 amide bonds. The van der Waals surface area contributed by atoms with E-state index in [4.69, 9.17) is 0 Å². The van der Waals surface area contributed by atoms with Crippen molar-refractivity contribution in [3.8, 4) is 0 Å². The summed E-state index contributed by atoms with van der Waals surface area (Å²) in [4.78, 5) is 2.15. The van der Waals surface area contributed by atoms with Gasteiger partial charge in [-0.1, -0.05) is 25.0 Å². The van der Waals surface area contributed by atoms with Gasteiger partial charge in [-0.2, -0.15) is 0 Å². The van der Waals surface area contributed by atoms with E-state index in [1.54, 1.807) is 0 Å². The van der Waals surface area contributed by atoms with E-state index in [-0.39, 0.29) is 0 Å². The van der Waals surface area contributed by atoms with Gasteiger partial charge in [0.25, 0.3) is 0 Å². The molecule has 0 saturated heterocycles. The second-order valence-corrected chi connectivity index (χ2v) is 4.47. The van der Waals surface area contributed by atoms with Gasteiger partial charge in [0.2, 0.25) is 0 Å². The first kappa shape index (κ1) is 9.57. The van der Waals surface area contributed by atoms with Gasteiger partial charge in [-0.05, 0) is 36.5 Å². The average molecular weight is 189 g/mol. The van der Waals surface area contributed by atoms with Gasteiger partial charge in [0.05, 0.1) is 0 Å². The minimum Gasteiger partial charge on any atom is -0.378 e. The van der Waals surface area contributed by atoms with E-state index in [1.165, 1.54) is 36.9 Å². The summed E-state index contributed by atoms with van der Waals surface area (Å²) in [7, 11) is 4.18. The highest BCUT2D eigenvalue weighted by Gasteiger charge is 2.16. The zero-order chi connectivity index (χ0) is 9.97. The van der Waals surface area contributed by atoms with E-state index in [9.17, 15) is 0 Å². The van der Waals surface area contributed by atoms with Crippen LogP contribution in [0.5, 0.6) is 0 Å².